The van der Waals surface area contributed by atoms with Crippen LogP contribution in [0.25, 0.3) is 32.7 Å². The fourth-order valence-electron chi connectivity index (χ4n) is 6.26. The first kappa shape index (κ1) is 28.7. The van der Waals surface area contributed by atoms with Crippen molar-refractivity contribution in [2.24, 2.45) is 0 Å². The van der Waals surface area contributed by atoms with E-state index in [1.54, 1.807) is 0 Å². The van der Waals surface area contributed by atoms with E-state index in [1.807, 2.05) is 0 Å². The van der Waals surface area contributed by atoms with Crippen molar-refractivity contribution in [1.82, 2.24) is 9.80 Å². The van der Waals surface area contributed by atoms with Gasteiger partial charge in [-0.15, -0.1) is 0 Å². The zero-order valence-electron chi connectivity index (χ0n) is 25.5. The van der Waals surface area contributed by atoms with Gasteiger partial charge in [0.25, 0.3) is 0 Å². The van der Waals surface area contributed by atoms with Gasteiger partial charge in [0.2, 0.25) is 0 Å². The summed E-state index contributed by atoms with van der Waals surface area (Å²) in [5, 5.41) is 16.6. The summed E-state index contributed by atoms with van der Waals surface area (Å²) in [6.07, 6.45) is 0. The van der Waals surface area contributed by atoms with E-state index in [2.05, 4.69) is 165 Å². The van der Waals surface area contributed by atoms with E-state index in [0.29, 0.717) is 12.3 Å². The van der Waals surface area contributed by atoms with Crippen molar-refractivity contribution in [2.45, 2.75) is 39.0 Å². The molecule has 0 unspecified atom stereocenters. The van der Waals surface area contributed by atoms with E-state index in [9.17, 15) is 5.11 Å². The van der Waals surface area contributed by atoms with E-state index in [-0.39, 0.29) is 12.1 Å². The van der Waals surface area contributed by atoms with Gasteiger partial charge in [-0.2, -0.15) is 0 Å². The van der Waals surface area contributed by atoms with Crippen LogP contribution < -0.4 is 0 Å². The van der Waals surface area contributed by atoms with E-state index in [4.69, 9.17) is 0 Å². The predicted octanol–water partition coefficient (Wildman–Crippen LogP) is 9.75. The molecule has 0 radical (unpaired) electrons. The van der Waals surface area contributed by atoms with Crippen LogP contribution in [-0.4, -0.2) is 29.0 Å². The molecule has 6 rings (SSSR count). The Morgan fingerprint density at radius 1 is 0.558 bits per heavy atom. The average Bonchev–Trinajstić information content (AvgIpc) is 3.05. The second kappa shape index (κ2) is 12.4. The number of aromatic hydroxyl groups is 1. The number of phenolic OH excluding ortho intramolecular Hbond substituents is 1. The largest absolute Gasteiger partial charge is 0.507 e. The van der Waals surface area contributed by atoms with E-state index < -0.39 is 0 Å². The van der Waals surface area contributed by atoms with Crippen LogP contribution in [0.5, 0.6) is 5.75 Å². The summed E-state index contributed by atoms with van der Waals surface area (Å²) < 4.78 is 0. The number of fused-ring (bicyclic) bond motifs is 2. The zero-order chi connectivity index (χ0) is 29.9. The highest BCUT2D eigenvalue weighted by atomic mass is 16.3. The number of benzene rings is 6. The zero-order valence-corrected chi connectivity index (χ0v) is 25.5. The molecule has 0 amide bonds. The lowest BCUT2D eigenvalue weighted by Crippen LogP contribution is -2.22. The molecule has 43 heavy (non-hydrogen) atoms. The number of nitrogens with zero attached hydrogens (tertiary/aromatic N) is 2. The molecule has 0 aliphatic carbocycles. The second-order valence-corrected chi connectivity index (χ2v) is 11.8. The molecule has 1 N–H and O–H groups in total. The molecule has 3 heteroatoms. The topological polar surface area (TPSA) is 26.7 Å². The SMILES string of the molecule is C[C@@H](c1ccccc1)N(C)Cc1cc(-c2c(O)c(CN(C)[C@@H](C)c3ccccc3)cc3ccccc23)c2ccccc2c1. The van der Waals surface area contributed by atoms with E-state index in [1.165, 1.54) is 22.1 Å². The molecule has 6 aromatic rings. The molecule has 0 aromatic heterocycles. The van der Waals surface area contributed by atoms with Crippen LogP contribution in [0.3, 0.4) is 0 Å². The summed E-state index contributed by atoms with van der Waals surface area (Å²) in [5.41, 5.74) is 6.70. The Morgan fingerprint density at radius 3 is 1.65 bits per heavy atom. The Bertz CT molecular complexity index is 1850. The highest BCUT2D eigenvalue weighted by molar-refractivity contribution is 6.08. The summed E-state index contributed by atoms with van der Waals surface area (Å²) in [6, 6.07) is 45.4. The number of hydrogen-bond acceptors (Lipinski definition) is 3. The summed E-state index contributed by atoms with van der Waals surface area (Å²) in [4.78, 5) is 4.69. The maximum atomic E-state index is 12.1. The van der Waals surface area contributed by atoms with Gasteiger partial charge in [-0.1, -0.05) is 109 Å². The molecule has 2 atom stereocenters. The molecule has 3 nitrogen and oxygen atoms in total. The third kappa shape index (κ3) is 5.92. The first-order valence-corrected chi connectivity index (χ1v) is 15.2. The van der Waals surface area contributed by atoms with Gasteiger partial charge in [-0.3, -0.25) is 9.80 Å². The van der Waals surface area contributed by atoms with Crippen molar-refractivity contribution < 1.29 is 5.11 Å². The van der Waals surface area contributed by atoms with Gasteiger partial charge < -0.3 is 5.11 Å². The number of rotatable bonds is 9. The maximum absolute atomic E-state index is 12.1. The Balaban J connectivity index is 1.44. The lowest BCUT2D eigenvalue weighted by atomic mass is 9.89. The van der Waals surface area contributed by atoms with Crippen molar-refractivity contribution >= 4 is 21.5 Å². The molecule has 0 fully saturated rings. The highest BCUT2D eigenvalue weighted by Gasteiger charge is 2.21. The standard InChI is InChI=1S/C40H40N2O/c1-28(31-15-7-5-8-16-31)41(3)26-30-23-33-19-11-13-21-36(33)38(24-30)39-37-22-14-12-20-34(37)25-35(40(39)43)27-42(4)29(2)32-17-9-6-10-18-32/h5-25,28-29,43H,26-27H2,1-4H3/t28-,29-/m0/s1. The number of hydrogen-bond donors (Lipinski definition) is 1. The van der Waals surface area contributed by atoms with Crippen LogP contribution in [0.2, 0.25) is 0 Å². The summed E-state index contributed by atoms with van der Waals surface area (Å²) in [7, 11) is 4.31. The van der Waals surface area contributed by atoms with Gasteiger partial charge in [0.1, 0.15) is 5.75 Å². The first-order chi connectivity index (χ1) is 20.9. The third-order valence-corrected chi connectivity index (χ3v) is 9.03. The monoisotopic (exact) mass is 564 g/mol. The molecule has 216 valence electrons. The van der Waals surface area contributed by atoms with Crippen molar-refractivity contribution in [3.63, 3.8) is 0 Å². The Kier molecular flexibility index (Phi) is 8.29. The fourth-order valence-corrected chi connectivity index (χ4v) is 6.26. The molecule has 0 aliphatic rings. The quantitative estimate of drug-likeness (QED) is 0.189. The average molecular weight is 565 g/mol. The van der Waals surface area contributed by atoms with Crippen molar-refractivity contribution in [2.75, 3.05) is 14.1 Å². The van der Waals surface area contributed by atoms with Crippen molar-refractivity contribution in [1.29, 1.82) is 0 Å². The van der Waals surface area contributed by atoms with Gasteiger partial charge in [0, 0.05) is 36.3 Å². The van der Waals surface area contributed by atoms with Crippen LogP contribution in [0.1, 0.15) is 48.2 Å². The highest BCUT2D eigenvalue weighted by Crippen LogP contribution is 2.43. The molecule has 0 spiro atoms. The third-order valence-electron chi connectivity index (χ3n) is 9.03. The van der Waals surface area contributed by atoms with Gasteiger partial charge in [-0.25, -0.2) is 0 Å². The molecule has 0 saturated heterocycles. The van der Waals surface area contributed by atoms with Crippen LogP contribution in [0.15, 0.2) is 127 Å². The van der Waals surface area contributed by atoms with Crippen molar-refractivity contribution in [3.05, 3.63) is 150 Å². The summed E-state index contributed by atoms with van der Waals surface area (Å²) in [5.74, 6) is 0.360. The van der Waals surface area contributed by atoms with Crippen LogP contribution in [0, 0.1) is 0 Å². The van der Waals surface area contributed by atoms with Crippen molar-refractivity contribution in [3.8, 4) is 16.9 Å². The smallest absolute Gasteiger partial charge is 0.128 e. The second-order valence-electron chi connectivity index (χ2n) is 11.8. The van der Waals surface area contributed by atoms with E-state index >= 15 is 0 Å². The van der Waals surface area contributed by atoms with Crippen LogP contribution in [-0.2, 0) is 13.1 Å². The van der Waals surface area contributed by atoms with Crippen LogP contribution in [0.4, 0.5) is 0 Å². The molecule has 6 aromatic carbocycles. The first-order valence-electron chi connectivity index (χ1n) is 15.2. The minimum atomic E-state index is 0.210. The summed E-state index contributed by atoms with van der Waals surface area (Å²) in [6.45, 7) is 5.91. The van der Waals surface area contributed by atoms with Gasteiger partial charge in [-0.05, 0) is 89.9 Å². The van der Waals surface area contributed by atoms with Gasteiger partial charge in [0.05, 0.1) is 0 Å². The summed E-state index contributed by atoms with van der Waals surface area (Å²) >= 11 is 0. The molecular weight excluding hydrogens is 524 g/mol. The Hall–Kier alpha value is -4.44. The molecular formula is C40H40N2O. The fraction of sp³-hybridized carbons (Fsp3) is 0.200. The van der Waals surface area contributed by atoms with Crippen LogP contribution >= 0.6 is 0 Å². The Labute approximate surface area is 255 Å². The molecule has 0 saturated carbocycles. The predicted molar refractivity (Wildman–Crippen MR) is 181 cm³/mol. The number of phenols is 1. The maximum Gasteiger partial charge on any atom is 0.128 e. The lowest BCUT2D eigenvalue weighted by Gasteiger charge is -2.27. The molecule has 0 aliphatic heterocycles. The van der Waals surface area contributed by atoms with E-state index in [0.717, 1.165) is 39.4 Å². The Morgan fingerprint density at radius 2 is 1.05 bits per heavy atom. The minimum Gasteiger partial charge on any atom is -0.507 e. The molecule has 0 heterocycles. The van der Waals surface area contributed by atoms with Gasteiger partial charge >= 0.3 is 0 Å². The minimum absolute atomic E-state index is 0.210. The normalized spacial score (nSPS) is 13.2. The molecule has 0 bridgehead atoms. The van der Waals surface area contributed by atoms with Gasteiger partial charge in [0.15, 0.2) is 0 Å². The lowest BCUT2D eigenvalue weighted by molar-refractivity contribution is 0.250.